The molecule has 0 saturated carbocycles. The Morgan fingerprint density at radius 1 is 1.00 bits per heavy atom. The average molecular weight is 425 g/mol. The third-order valence-electron chi connectivity index (χ3n) is 6.69. The second-order valence-electron chi connectivity index (χ2n) is 8.23. The minimum atomic E-state index is -0.334. The van der Waals surface area contributed by atoms with Crippen molar-refractivity contribution in [2.45, 2.75) is 31.5 Å². The SMILES string of the molecule is Cl.N=C(N)c1ccc([C@H]2[C@H]3C(=O)N(Cc4ccccc4)C(=O)[C@H]3[C@@H]3CCCN32)cc1. The number of hydrogen-bond acceptors (Lipinski definition) is 4. The van der Waals surface area contributed by atoms with Crippen molar-refractivity contribution in [2.75, 3.05) is 6.54 Å². The van der Waals surface area contributed by atoms with Crippen LogP contribution in [-0.2, 0) is 16.1 Å². The molecule has 0 aliphatic carbocycles. The minimum absolute atomic E-state index is 0. The highest BCUT2D eigenvalue weighted by Gasteiger charge is 2.62. The van der Waals surface area contributed by atoms with E-state index in [0.717, 1.165) is 30.5 Å². The van der Waals surface area contributed by atoms with Crippen LogP contribution >= 0.6 is 12.4 Å². The third kappa shape index (κ3) is 3.11. The van der Waals surface area contributed by atoms with Gasteiger partial charge in [0.25, 0.3) is 0 Å². The number of rotatable bonds is 4. The van der Waals surface area contributed by atoms with Crippen LogP contribution in [0, 0.1) is 17.2 Å². The van der Waals surface area contributed by atoms with Crippen molar-refractivity contribution in [1.29, 1.82) is 5.41 Å². The number of carbonyl (C=O) groups excluding carboxylic acids is 2. The molecule has 0 aromatic heterocycles. The van der Waals surface area contributed by atoms with Gasteiger partial charge < -0.3 is 5.73 Å². The van der Waals surface area contributed by atoms with E-state index in [-0.39, 0.29) is 54.0 Å². The summed E-state index contributed by atoms with van der Waals surface area (Å²) in [5.74, 6) is -0.644. The zero-order valence-corrected chi connectivity index (χ0v) is 17.3. The number of amides is 2. The molecule has 3 N–H and O–H groups in total. The van der Waals surface area contributed by atoms with E-state index in [1.807, 2.05) is 54.6 Å². The van der Waals surface area contributed by atoms with Gasteiger partial charge in [-0.1, -0.05) is 54.6 Å². The Balaban J connectivity index is 0.00000218. The summed E-state index contributed by atoms with van der Waals surface area (Å²) in [6.07, 6.45) is 2.01. The van der Waals surface area contributed by atoms with Gasteiger partial charge in [-0.2, -0.15) is 0 Å². The minimum Gasteiger partial charge on any atom is -0.384 e. The predicted molar refractivity (Wildman–Crippen MR) is 116 cm³/mol. The van der Waals surface area contributed by atoms with Gasteiger partial charge in [-0.15, -0.1) is 12.4 Å². The van der Waals surface area contributed by atoms with Crippen molar-refractivity contribution in [1.82, 2.24) is 9.80 Å². The van der Waals surface area contributed by atoms with E-state index < -0.39 is 0 Å². The normalized spacial score (nSPS) is 27.7. The van der Waals surface area contributed by atoms with Gasteiger partial charge in [0, 0.05) is 17.6 Å². The maximum atomic E-state index is 13.4. The molecule has 0 bridgehead atoms. The van der Waals surface area contributed by atoms with Crippen LogP contribution in [0.5, 0.6) is 0 Å². The van der Waals surface area contributed by atoms with Gasteiger partial charge in [0.05, 0.1) is 18.4 Å². The molecular formula is C23H25ClN4O2. The number of nitrogens with two attached hydrogens (primary N) is 1. The number of imide groups is 1. The number of nitrogens with one attached hydrogen (secondary N) is 1. The van der Waals surface area contributed by atoms with Gasteiger partial charge in [-0.05, 0) is 30.5 Å². The molecule has 156 valence electrons. The van der Waals surface area contributed by atoms with E-state index in [9.17, 15) is 9.59 Å². The molecule has 4 atom stereocenters. The highest BCUT2D eigenvalue weighted by atomic mass is 35.5. The third-order valence-corrected chi connectivity index (χ3v) is 6.69. The quantitative estimate of drug-likeness (QED) is 0.448. The number of amidine groups is 1. The molecule has 0 spiro atoms. The number of hydrogen-bond donors (Lipinski definition) is 2. The summed E-state index contributed by atoms with van der Waals surface area (Å²) >= 11 is 0. The van der Waals surface area contributed by atoms with Crippen molar-refractivity contribution >= 4 is 30.1 Å². The van der Waals surface area contributed by atoms with Gasteiger partial charge in [0.2, 0.25) is 11.8 Å². The summed E-state index contributed by atoms with van der Waals surface area (Å²) in [5.41, 5.74) is 8.25. The van der Waals surface area contributed by atoms with Gasteiger partial charge in [-0.3, -0.25) is 24.8 Å². The fourth-order valence-electron chi connectivity index (χ4n) is 5.44. The predicted octanol–water partition coefficient (Wildman–Crippen LogP) is 2.71. The van der Waals surface area contributed by atoms with E-state index in [1.54, 1.807) is 0 Å². The summed E-state index contributed by atoms with van der Waals surface area (Å²) < 4.78 is 0. The molecule has 0 unspecified atom stereocenters. The number of halogens is 1. The molecule has 5 rings (SSSR count). The molecule has 3 aliphatic heterocycles. The van der Waals surface area contributed by atoms with Crippen LogP contribution in [0.2, 0.25) is 0 Å². The average Bonchev–Trinajstić information content (AvgIpc) is 3.37. The Morgan fingerprint density at radius 3 is 2.33 bits per heavy atom. The van der Waals surface area contributed by atoms with Crippen molar-refractivity contribution < 1.29 is 9.59 Å². The molecule has 6 nitrogen and oxygen atoms in total. The summed E-state index contributed by atoms with van der Waals surface area (Å²) in [4.78, 5) is 30.5. The maximum Gasteiger partial charge on any atom is 0.235 e. The fourth-order valence-corrected chi connectivity index (χ4v) is 5.44. The summed E-state index contributed by atoms with van der Waals surface area (Å²) in [5, 5.41) is 7.60. The van der Waals surface area contributed by atoms with Crippen molar-refractivity contribution in [3.63, 3.8) is 0 Å². The van der Waals surface area contributed by atoms with Crippen LogP contribution in [0.4, 0.5) is 0 Å². The zero-order valence-electron chi connectivity index (χ0n) is 16.5. The Hall–Kier alpha value is -2.70. The highest BCUT2D eigenvalue weighted by molar-refractivity contribution is 6.06. The molecule has 0 radical (unpaired) electrons. The lowest BCUT2D eigenvalue weighted by Gasteiger charge is -2.29. The van der Waals surface area contributed by atoms with Crippen LogP contribution in [0.15, 0.2) is 54.6 Å². The lowest BCUT2D eigenvalue weighted by Crippen LogP contribution is -2.38. The molecule has 2 aromatic rings. The topological polar surface area (TPSA) is 90.5 Å². The maximum absolute atomic E-state index is 13.4. The Morgan fingerprint density at radius 2 is 1.67 bits per heavy atom. The van der Waals surface area contributed by atoms with Crippen molar-refractivity contribution in [2.24, 2.45) is 17.6 Å². The number of nitrogen functional groups attached to an aromatic ring is 1. The molecule has 3 fully saturated rings. The van der Waals surface area contributed by atoms with E-state index in [4.69, 9.17) is 11.1 Å². The van der Waals surface area contributed by atoms with E-state index in [1.165, 1.54) is 4.90 Å². The van der Waals surface area contributed by atoms with Crippen LogP contribution in [0.1, 0.15) is 35.6 Å². The molecule has 2 aromatic carbocycles. The summed E-state index contributed by atoms with van der Waals surface area (Å²) in [6.45, 7) is 1.25. The summed E-state index contributed by atoms with van der Waals surface area (Å²) in [6, 6.07) is 17.3. The molecule has 7 heteroatoms. The zero-order chi connectivity index (χ0) is 20.1. The van der Waals surface area contributed by atoms with E-state index in [0.29, 0.717) is 12.1 Å². The number of fused-ring (bicyclic) bond motifs is 3. The second kappa shape index (κ2) is 7.85. The largest absolute Gasteiger partial charge is 0.384 e. The molecule has 30 heavy (non-hydrogen) atoms. The van der Waals surface area contributed by atoms with Crippen molar-refractivity contribution in [3.8, 4) is 0 Å². The van der Waals surface area contributed by atoms with Crippen molar-refractivity contribution in [3.05, 3.63) is 71.3 Å². The van der Waals surface area contributed by atoms with Gasteiger partial charge in [-0.25, -0.2) is 0 Å². The van der Waals surface area contributed by atoms with Crippen LogP contribution in [-0.4, -0.2) is 40.0 Å². The van der Waals surface area contributed by atoms with Crippen LogP contribution < -0.4 is 5.73 Å². The van der Waals surface area contributed by atoms with Crippen LogP contribution in [0.3, 0.4) is 0 Å². The number of nitrogens with zero attached hydrogens (tertiary/aromatic N) is 2. The first kappa shape index (κ1) is 20.6. The van der Waals surface area contributed by atoms with Gasteiger partial charge in [0.1, 0.15) is 5.84 Å². The van der Waals surface area contributed by atoms with E-state index in [2.05, 4.69) is 4.90 Å². The van der Waals surface area contributed by atoms with Crippen LogP contribution in [0.25, 0.3) is 0 Å². The Kier molecular flexibility index (Phi) is 5.38. The lowest BCUT2D eigenvalue weighted by atomic mass is 9.85. The standard InChI is InChI=1S/C23H24N4O2.ClH/c24-21(25)16-10-8-15(9-11-16)20-19-18(17-7-4-12-26(17)20)22(28)27(23(19)29)13-14-5-2-1-3-6-14;/h1-3,5-6,8-11,17-20H,4,7,12-13H2,(H3,24,25);1H/t17-,18-,19-,20-;/m0./s1. The fraction of sp³-hybridized carbons (Fsp3) is 0.348. The molecule has 2 amide bonds. The summed E-state index contributed by atoms with van der Waals surface area (Å²) in [7, 11) is 0. The molecular weight excluding hydrogens is 400 g/mol. The first-order valence-electron chi connectivity index (χ1n) is 10.2. The van der Waals surface area contributed by atoms with Gasteiger partial charge >= 0.3 is 0 Å². The first-order chi connectivity index (χ1) is 14.1. The number of carbonyl (C=O) groups is 2. The number of benzene rings is 2. The monoisotopic (exact) mass is 424 g/mol. The molecule has 3 saturated heterocycles. The van der Waals surface area contributed by atoms with Gasteiger partial charge in [0.15, 0.2) is 0 Å². The first-order valence-corrected chi connectivity index (χ1v) is 10.2. The Labute approximate surface area is 182 Å². The lowest BCUT2D eigenvalue weighted by molar-refractivity contribution is -0.142. The highest BCUT2D eigenvalue weighted by Crippen LogP contribution is 2.53. The van der Waals surface area contributed by atoms with E-state index >= 15 is 0 Å². The smallest absolute Gasteiger partial charge is 0.235 e. The second-order valence-corrected chi connectivity index (χ2v) is 8.23. The molecule has 3 aliphatic rings. The Bertz CT molecular complexity index is 978. The number of likely N-dealkylation sites (tertiary alicyclic amines) is 1. The molecule has 3 heterocycles.